The van der Waals surface area contributed by atoms with Gasteiger partial charge in [-0.3, -0.25) is 0 Å². The summed E-state index contributed by atoms with van der Waals surface area (Å²) in [7, 11) is 0. The molecule has 0 saturated heterocycles. The fraction of sp³-hybridized carbons (Fsp3) is 0.220. The van der Waals surface area contributed by atoms with Crippen LogP contribution in [0.25, 0.3) is 28.8 Å². The van der Waals surface area contributed by atoms with E-state index in [2.05, 4.69) is 174 Å². The van der Waals surface area contributed by atoms with Crippen LogP contribution in [0.2, 0.25) is 0 Å². The summed E-state index contributed by atoms with van der Waals surface area (Å²) in [6.45, 7) is 17.6. The highest BCUT2D eigenvalue weighted by Crippen LogP contribution is 2.25. The first-order valence-electron chi connectivity index (χ1n) is 15.1. The lowest BCUT2D eigenvalue weighted by Crippen LogP contribution is -2.28. The molecule has 1 aliphatic rings. The molecule has 1 nitrogen and oxygen atoms in total. The number of fused-ring (bicyclic) bond motifs is 1. The van der Waals surface area contributed by atoms with Crippen molar-refractivity contribution >= 4 is 28.8 Å². The lowest BCUT2D eigenvalue weighted by molar-refractivity contribution is 0.961. The van der Waals surface area contributed by atoms with Gasteiger partial charge >= 0.3 is 0 Å². The standard InChI is InChI=1S/C41H45N/c1-8-35(37-25-15-10-12-21-31(37)4)28-32(5)33(6)29-39-38-26-18-19-27-41(38)42(40(39)9-2)34(7)22-17-16-20-30(3)36-23-13-11-14-24-36/h8-16,18-20,22-30H,6,17,21H2,1-5,7H3/b20-16-,32-28+,34-22+,35-8-,39-29-,40-9+. The van der Waals surface area contributed by atoms with Crippen LogP contribution in [0.5, 0.6) is 0 Å². The molecule has 0 aliphatic heterocycles. The lowest BCUT2D eigenvalue weighted by atomic mass is 9.95. The van der Waals surface area contributed by atoms with Gasteiger partial charge in [0.05, 0.1) is 5.52 Å². The quantitative estimate of drug-likeness (QED) is 0.184. The fourth-order valence-corrected chi connectivity index (χ4v) is 5.58. The van der Waals surface area contributed by atoms with Gasteiger partial charge < -0.3 is 4.57 Å². The summed E-state index contributed by atoms with van der Waals surface area (Å²) < 4.78 is 2.39. The number of aromatic nitrogens is 1. The zero-order valence-corrected chi connectivity index (χ0v) is 26.2. The molecular weight excluding hydrogens is 506 g/mol. The van der Waals surface area contributed by atoms with Crippen molar-refractivity contribution in [2.45, 2.75) is 60.3 Å². The van der Waals surface area contributed by atoms with Crippen molar-refractivity contribution in [1.82, 2.24) is 4.57 Å². The number of hydrogen-bond donors (Lipinski definition) is 0. The van der Waals surface area contributed by atoms with E-state index < -0.39 is 0 Å². The summed E-state index contributed by atoms with van der Waals surface area (Å²) in [4.78, 5) is 0. The third-order valence-corrected chi connectivity index (χ3v) is 8.09. The van der Waals surface area contributed by atoms with Crippen LogP contribution in [0.4, 0.5) is 0 Å². The molecule has 1 unspecified atom stereocenters. The molecule has 1 atom stereocenters. The molecule has 1 heteroatoms. The summed E-state index contributed by atoms with van der Waals surface area (Å²) in [6, 6.07) is 19.4. The van der Waals surface area contributed by atoms with Crippen molar-refractivity contribution in [3.8, 4) is 0 Å². The number of benzene rings is 2. The number of nitrogens with zero attached hydrogens (tertiary/aromatic N) is 1. The molecule has 0 fully saturated rings. The van der Waals surface area contributed by atoms with E-state index in [9.17, 15) is 0 Å². The van der Waals surface area contributed by atoms with Crippen LogP contribution in [0.15, 0.2) is 144 Å². The van der Waals surface area contributed by atoms with Crippen molar-refractivity contribution < 1.29 is 0 Å². The summed E-state index contributed by atoms with van der Waals surface area (Å²) in [5, 5.41) is 3.65. The molecule has 42 heavy (non-hydrogen) atoms. The van der Waals surface area contributed by atoms with E-state index in [1.165, 1.54) is 49.5 Å². The average molecular weight is 552 g/mol. The maximum Gasteiger partial charge on any atom is 0.0537 e. The van der Waals surface area contributed by atoms with Crippen LogP contribution < -0.4 is 10.6 Å². The van der Waals surface area contributed by atoms with Gasteiger partial charge in [0.15, 0.2) is 0 Å². The first-order chi connectivity index (χ1) is 20.3. The Morgan fingerprint density at radius 2 is 1.74 bits per heavy atom. The van der Waals surface area contributed by atoms with E-state index in [0.29, 0.717) is 5.92 Å². The van der Waals surface area contributed by atoms with Crippen LogP contribution in [0.3, 0.4) is 0 Å². The SMILES string of the molecule is C=C(/C=c1\c(=C/C)n(/C(C)=C/C/C=C\C(C)c2ccccc2)c2ccccc12)/C(C)=C/C(=C/C)C1=C(C)CC=CC=C1. The van der Waals surface area contributed by atoms with Crippen LogP contribution in [0, 0.1) is 0 Å². The van der Waals surface area contributed by atoms with Crippen molar-refractivity contribution in [2.75, 3.05) is 0 Å². The molecule has 2 aromatic carbocycles. The summed E-state index contributed by atoms with van der Waals surface area (Å²) >= 11 is 0. The molecule has 0 N–H and O–H groups in total. The molecule has 0 amide bonds. The molecule has 3 aromatic rings. The topological polar surface area (TPSA) is 4.93 Å². The summed E-state index contributed by atoms with van der Waals surface area (Å²) in [6.07, 6.45) is 26.4. The highest BCUT2D eigenvalue weighted by Gasteiger charge is 2.10. The monoisotopic (exact) mass is 551 g/mol. The third-order valence-electron chi connectivity index (χ3n) is 8.09. The molecule has 4 rings (SSSR count). The van der Waals surface area contributed by atoms with E-state index >= 15 is 0 Å². The second kappa shape index (κ2) is 14.5. The smallest absolute Gasteiger partial charge is 0.0537 e. The van der Waals surface area contributed by atoms with E-state index in [-0.39, 0.29) is 0 Å². The Labute approximate surface area is 253 Å². The molecule has 1 aliphatic carbocycles. The molecule has 0 bridgehead atoms. The molecule has 1 heterocycles. The normalized spacial score (nSPS) is 16.7. The van der Waals surface area contributed by atoms with Gasteiger partial charge in [-0.25, -0.2) is 0 Å². The predicted octanol–water partition coefficient (Wildman–Crippen LogP) is 10.1. The van der Waals surface area contributed by atoms with Gasteiger partial charge in [-0.1, -0.05) is 128 Å². The molecule has 214 valence electrons. The van der Waals surface area contributed by atoms with Gasteiger partial charge in [-0.05, 0) is 93.4 Å². The third kappa shape index (κ3) is 7.09. The van der Waals surface area contributed by atoms with Gasteiger partial charge in [-0.2, -0.15) is 0 Å². The Morgan fingerprint density at radius 1 is 1.00 bits per heavy atom. The zero-order valence-electron chi connectivity index (χ0n) is 26.2. The minimum absolute atomic E-state index is 0.397. The Hall–Kier alpha value is -4.36. The van der Waals surface area contributed by atoms with E-state index in [4.69, 9.17) is 0 Å². The molecular formula is C41H45N. The van der Waals surface area contributed by atoms with Crippen molar-refractivity contribution in [1.29, 1.82) is 0 Å². The molecule has 0 spiro atoms. The van der Waals surface area contributed by atoms with Crippen LogP contribution in [-0.4, -0.2) is 4.57 Å². The predicted molar refractivity (Wildman–Crippen MR) is 187 cm³/mol. The first kappa shape index (κ1) is 30.6. The Bertz CT molecular complexity index is 1770. The fourth-order valence-electron chi connectivity index (χ4n) is 5.58. The van der Waals surface area contributed by atoms with Gasteiger partial charge in [-0.15, -0.1) is 0 Å². The number of hydrogen-bond acceptors (Lipinski definition) is 0. The van der Waals surface area contributed by atoms with Gasteiger partial charge in [0.25, 0.3) is 0 Å². The van der Waals surface area contributed by atoms with Gasteiger partial charge in [0, 0.05) is 21.7 Å². The average Bonchev–Trinajstić information content (AvgIpc) is 3.16. The molecule has 1 aromatic heterocycles. The van der Waals surface area contributed by atoms with Gasteiger partial charge in [0.1, 0.15) is 0 Å². The first-order valence-corrected chi connectivity index (χ1v) is 15.1. The molecule has 0 radical (unpaired) electrons. The highest BCUT2D eigenvalue weighted by atomic mass is 15.0. The Balaban J connectivity index is 1.68. The summed E-state index contributed by atoms with van der Waals surface area (Å²) in [5.41, 5.74) is 9.87. The largest absolute Gasteiger partial charge is 0.314 e. The Kier molecular flexibility index (Phi) is 10.6. The second-order valence-electron chi connectivity index (χ2n) is 11.1. The Morgan fingerprint density at radius 3 is 2.48 bits per heavy atom. The highest BCUT2D eigenvalue weighted by molar-refractivity contribution is 5.86. The number of para-hydroxylation sites is 1. The van der Waals surface area contributed by atoms with Crippen LogP contribution in [0.1, 0.15) is 65.9 Å². The van der Waals surface area contributed by atoms with Crippen molar-refractivity contribution in [2.24, 2.45) is 0 Å². The maximum absolute atomic E-state index is 4.51. The maximum atomic E-state index is 4.51. The van der Waals surface area contributed by atoms with Crippen molar-refractivity contribution in [3.05, 3.63) is 160 Å². The van der Waals surface area contributed by atoms with Crippen LogP contribution >= 0.6 is 0 Å². The minimum Gasteiger partial charge on any atom is -0.314 e. The number of allylic oxidation sites excluding steroid dienone is 15. The summed E-state index contributed by atoms with van der Waals surface area (Å²) in [5.74, 6) is 0.397. The number of rotatable bonds is 9. The van der Waals surface area contributed by atoms with Crippen molar-refractivity contribution in [3.63, 3.8) is 0 Å². The van der Waals surface area contributed by atoms with E-state index in [1.807, 2.05) is 0 Å². The lowest BCUT2D eigenvalue weighted by Gasteiger charge is -2.10. The van der Waals surface area contributed by atoms with Crippen LogP contribution in [-0.2, 0) is 0 Å². The van der Waals surface area contributed by atoms with Gasteiger partial charge in [0.2, 0.25) is 0 Å². The second-order valence-corrected chi connectivity index (χ2v) is 11.1. The minimum atomic E-state index is 0.397. The van der Waals surface area contributed by atoms with E-state index in [1.54, 1.807) is 0 Å². The molecule has 0 saturated carbocycles. The van der Waals surface area contributed by atoms with E-state index in [0.717, 1.165) is 24.0 Å². The zero-order chi connectivity index (χ0) is 30.1.